The van der Waals surface area contributed by atoms with Gasteiger partial charge in [-0.3, -0.25) is 0 Å². The lowest BCUT2D eigenvalue weighted by atomic mass is 9.60. The fourth-order valence-corrected chi connectivity index (χ4v) is 4.27. The van der Waals surface area contributed by atoms with Gasteiger partial charge in [0.2, 0.25) is 0 Å². The number of hydrogen-bond donors (Lipinski definition) is 0. The summed E-state index contributed by atoms with van der Waals surface area (Å²) in [4.78, 5) is 0. The van der Waals surface area contributed by atoms with Crippen molar-refractivity contribution in [1.82, 2.24) is 0 Å². The van der Waals surface area contributed by atoms with Gasteiger partial charge < -0.3 is 0 Å². The fourth-order valence-electron chi connectivity index (χ4n) is 4.27. The lowest BCUT2D eigenvalue weighted by molar-refractivity contribution is 0.0356. The third-order valence-corrected chi connectivity index (χ3v) is 5.21. The van der Waals surface area contributed by atoms with E-state index in [2.05, 4.69) is 13.8 Å². The summed E-state index contributed by atoms with van der Waals surface area (Å²) in [6, 6.07) is 0. The highest BCUT2D eigenvalue weighted by molar-refractivity contribution is 5.06. The molecular weight excluding hydrogens is 132 g/mol. The minimum Gasteiger partial charge on any atom is -0.0620 e. The van der Waals surface area contributed by atoms with Gasteiger partial charge in [0, 0.05) is 0 Å². The van der Waals surface area contributed by atoms with Gasteiger partial charge in [-0.2, -0.15) is 0 Å². The van der Waals surface area contributed by atoms with E-state index < -0.39 is 0 Å². The number of rotatable bonds is 0. The first-order valence-electron chi connectivity index (χ1n) is 5.29. The molecule has 6 atom stereocenters. The van der Waals surface area contributed by atoms with Crippen molar-refractivity contribution < 1.29 is 0 Å². The van der Waals surface area contributed by atoms with Gasteiger partial charge in [0.25, 0.3) is 0 Å². The molecule has 0 saturated heterocycles. The van der Waals surface area contributed by atoms with Gasteiger partial charge in [0.15, 0.2) is 0 Å². The van der Waals surface area contributed by atoms with Crippen LogP contribution >= 0.6 is 0 Å². The van der Waals surface area contributed by atoms with Crippen LogP contribution in [0.3, 0.4) is 0 Å². The molecule has 11 heavy (non-hydrogen) atoms. The zero-order chi connectivity index (χ0) is 7.59. The Morgan fingerprint density at radius 2 is 1.18 bits per heavy atom. The summed E-state index contributed by atoms with van der Waals surface area (Å²) in [6.45, 7) is 4.98. The summed E-state index contributed by atoms with van der Waals surface area (Å²) in [7, 11) is 0. The maximum Gasteiger partial charge on any atom is -0.0352 e. The van der Waals surface area contributed by atoms with Gasteiger partial charge in [-0.1, -0.05) is 13.8 Å². The van der Waals surface area contributed by atoms with Gasteiger partial charge >= 0.3 is 0 Å². The first-order chi connectivity index (χ1) is 5.29. The zero-order valence-corrected chi connectivity index (χ0v) is 7.59. The molecule has 3 aliphatic rings. The van der Waals surface area contributed by atoms with Crippen molar-refractivity contribution in [3.05, 3.63) is 0 Å². The third-order valence-electron chi connectivity index (χ3n) is 5.21. The first kappa shape index (κ1) is 6.51. The Hall–Kier alpha value is 0. The summed E-state index contributed by atoms with van der Waals surface area (Å²) < 4.78 is 0. The van der Waals surface area contributed by atoms with E-state index in [1.165, 1.54) is 11.8 Å². The molecule has 3 fully saturated rings. The number of hydrogen-bond acceptors (Lipinski definition) is 0. The van der Waals surface area contributed by atoms with E-state index >= 15 is 0 Å². The summed E-state index contributed by atoms with van der Waals surface area (Å²) in [5.41, 5.74) is 0. The van der Waals surface area contributed by atoms with Crippen LogP contribution < -0.4 is 0 Å². The summed E-state index contributed by atoms with van der Waals surface area (Å²) in [6.07, 6.45) is 4.74. The molecule has 0 aromatic carbocycles. The molecule has 6 unspecified atom stereocenters. The van der Waals surface area contributed by atoms with E-state index in [1.54, 1.807) is 19.3 Å². The van der Waals surface area contributed by atoms with E-state index in [0.29, 0.717) is 0 Å². The van der Waals surface area contributed by atoms with Crippen LogP contribution in [0.25, 0.3) is 0 Å². The van der Waals surface area contributed by atoms with Crippen molar-refractivity contribution in [1.29, 1.82) is 0 Å². The summed E-state index contributed by atoms with van der Waals surface area (Å²) in [5.74, 6) is 6.78. The lowest BCUT2D eigenvalue weighted by Crippen LogP contribution is -2.38. The molecular formula is C11H18. The molecule has 3 aliphatic carbocycles. The standard InChI is InChI=1S/C11H18/c1-6-7(2)11-5-10(6)8-3-4-9(8)11/h6-11H,3-5H2,1-2H3. The third kappa shape index (κ3) is 0.588. The highest BCUT2D eigenvalue weighted by atomic mass is 14.6. The van der Waals surface area contributed by atoms with Gasteiger partial charge in [0.1, 0.15) is 0 Å². The molecule has 3 saturated carbocycles. The molecule has 0 aliphatic heterocycles. The molecule has 0 radical (unpaired) electrons. The molecule has 0 spiro atoms. The maximum atomic E-state index is 2.49. The Bertz CT molecular complexity index is 156. The molecule has 62 valence electrons. The smallest absolute Gasteiger partial charge is 0.0352 e. The lowest BCUT2D eigenvalue weighted by Gasteiger charge is -2.45. The van der Waals surface area contributed by atoms with Gasteiger partial charge in [-0.25, -0.2) is 0 Å². The summed E-state index contributed by atoms with van der Waals surface area (Å²) >= 11 is 0. The van der Waals surface area contributed by atoms with Crippen LogP contribution in [0.1, 0.15) is 33.1 Å². The molecule has 0 aromatic heterocycles. The van der Waals surface area contributed by atoms with Crippen LogP contribution in [0.5, 0.6) is 0 Å². The average molecular weight is 150 g/mol. The quantitative estimate of drug-likeness (QED) is 0.498. The van der Waals surface area contributed by atoms with Crippen LogP contribution in [0.4, 0.5) is 0 Å². The Labute approximate surface area is 69.4 Å². The van der Waals surface area contributed by atoms with E-state index in [1.807, 2.05) is 0 Å². The minimum absolute atomic E-state index is 1.06. The SMILES string of the molecule is CC1C(C)C2CC1C1CCC21. The molecule has 0 N–H and O–H groups in total. The predicted octanol–water partition coefficient (Wildman–Crippen LogP) is 2.93. The molecule has 2 bridgehead atoms. The Kier molecular flexibility index (Phi) is 1.09. The van der Waals surface area contributed by atoms with E-state index in [-0.39, 0.29) is 0 Å². The average Bonchev–Trinajstić information content (AvgIpc) is 2.29. The van der Waals surface area contributed by atoms with Crippen LogP contribution in [0.2, 0.25) is 0 Å². The maximum absolute atomic E-state index is 2.49. The van der Waals surface area contributed by atoms with Crippen molar-refractivity contribution in [3.8, 4) is 0 Å². The van der Waals surface area contributed by atoms with Crippen LogP contribution in [-0.4, -0.2) is 0 Å². The first-order valence-corrected chi connectivity index (χ1v) is 5.29. The topological polar surface area (TPSA) is 0 Å². The Morgan fingerprint density at radius 3 is 1.55 bits per heavy atom. The molecule has 3 rings (SSSR count). The second-order valence-electron chi connectivity index (χ2n) is 5.19. The summed E-state index contributed by atoms with van der Waals surface area (Å²) in [5, 5.41) is 0. The molecule has 0 aromatic rings. The van der Waals surface area contributed by atoms with E-state index in [4.69, 9.17) is 0 Å². The minimum atomic E-state index is 1.06. The van der Waals surface area contributed by atoms with Crippen molar-refractivity contribution in [2.24, 2.45) is 35.5 Å². The monoisotopic (exact) mass is 150 g/mol. The molecule has 0 heteroatoms. The predicted molar refractivity (Wildman–Crippen MR) is 46.1 cm³/mol. The van der Waals surface area contributed by atoms with Gasteiger partial charge in [-0.15, -0.1) is 0 Å². The van der Waals surface area contributed by atoms with Crippen molar-refractivity contribution in [2.75, 3.05) is 0 Å². The highest BCUT2D eigenvalue weighted by Gasteiger charge is 2.57. The van der Waals surface area contributed by atoms with Crippen molar-refractivity contribution >= 4 is 0 Å². The van der Waals surface area contributed by atoms with Crippen LogP contribution in [0, 0.1) is 35.5 Å². The molecule has 0 heterocycles. The van der Waals surface area contributed by atoms with Crippen LogP contribution in [0.15, 0.2) is 0 Å². The molecule has 0 amide bonds. The fraction of sp³-hybridized carbons (Fsp3) is 1.00. The normalized spacial score (nSPS) is 66.0. The van der Waals surface area contributed by atoms with E-state index in [9.17, 15) is 0 Å². The largest absolute Gasteiger partial charge is 0.0620 e. The highest BCUT2D eigenvalue weighted by Crippen LogP contribution is 2.65. The van der Waals surface area contributed by atoms with Crippen molar-refractivity contribution in [3.63, 3.8) is 0 Å². The van der Waals surface area contributed by atoms with Gasteiger partial charge in [-0.05, 0) is 54.8 Å². The second kappa shape index (κ2) is 1.84. The number of fused-ring (bicyclic) bond motifs is 5. The zero-order valence-electron chi connectivity index (χ0n) is 7.59. The van der Waals surface area contributed by atoms with Crippen LogP contribution in [-0.2, 0) is 0 Å². The second-order valence-corrected chi connectivity index (χ2v) is 5.19. The molecule has 0 nitrogen and oxygen atoms in total. The Balaban J connectivity index is 1.92. The van der Waals surface area contributed by atoms with Gasteiger partial charge in [0.05, 0.1) is 0 Å². The Morgan fingerprint density at radius 1 is 0.727 bits per heavy atom. The van der Waals surface area contributed by atoms with E-state index in [0.717, 1.165) is 23.7 Å². The van der Waals surface area contributed by atoms with Crippen molar-refractivity contribution in [2.45, 2.75) is 33.1 Å².